The lowest BCUT2D eigenvalue weighted by atomic mass is 10.1. The Labute approximate surface area is 188 Å². The number of anilines is 1. The average Bonchev–Trinajstić information content (AvgIpc) is 2.81. The third kappa shape index (κ3) is 7.17. The largest absolute Gasteiger partial charge is 0.493 e. The molecule has 1 amide bonds. The highest BCUT2D eigenvalue weighted by Crippen LogP contribution is 2.29. The van der Waals surface area contributed by atoms with Gasteiger partial charge in [0.05, 0.1) is 25.9 Å². The van der Waals surface area contributed by atoms with Crippen LogP contribution in [0.4, 0.5) is 5.69 Å². The first-order valence-corrected chi connectivity index (χ1v) is 10.5. The zero-order chi connectivity index (χ0) is 23.3. The summed E-state index contributed by atoms with van der Waals surface area (Å²) >= 11 is 0. The molecular weight excluding hydrogens is 408 g/mol. The first-order chi connectivity index (χ1) is 15.5. The van der Waals surface area contributed by atoms with Crippen molar-refractivity contribution in [2.24, 2.45) is 0 Å². The molecule has 0 aliphatic carbocycles. The molecule has 0 saturated heterocycles. The van der Waals surface area contributed by atoms with Gasteiger partial charge in [-0.1, -0.05) is 25.8 Å². The normalized spacial score (nSPS) is 10.8. The number of methoxy groups -OCH3 is 1. The average molecular weight is 437 g/mol. The van der Waals surface area contributed by atoms with E-state index in [1.165, 1.54) is 6.08 Å². The second-order valence-corrected chi connectivity index (χ2v) is 6.89. The fourth-order valence-corrected chi connectivity index (χ4v) is 2.85. The number of esters is 1. The quantitative estimate of drug-likeness (QED) is 0.231. The summed E-state index contributed by atoms with van der Waals surface area (Å²) in [5.74, 6) is 0.151. The minimum Gasteiger partial charge on any atom is -0.493 e. The van der Waals surface area contributed by atoms with E-state index in [4.69, 9.17) is 14.2 Å². The minimum absolute atomic E-state index is 0.0712. The molecule has 0 atom stereocenters. The van der Waals surface area contributed by atoms with Gasteiger partial charge in [0.15, 0.2) is 11.5 Å². The predicted molar refractivity (Wildman–Crippen MR) is 123 cm³/mol. The van der Waals surface area contributed by atoms with E-state index in [-0.39, 0.29) is 12.2 Å². The maximum atomic E-state index is 12.5. The van der Waals surface area contributed by atoms with E-state index in [1.807, 2.05) is 6.07 Å². The van der Waals surface area contributed by atoms with Crippen LogP contribution in [0.1, 0.15) is 49.0 Å². The van der Waals surface area contributed by atoms with Gasteiger partial charge in [0.25, 0.3) is 5.91 Å². The van der Waals surface area contributed by atoms with Crippen LogP contribution >= 0.6 is 0 Å². The maximum absolute atomic E-state index is 12.5. The fourth-order valence-electron chi connectivity index (χ4n) is 2.85. The molecule has 32 heavy (non-hydrogen) atoms. The molecule has 1 N–H and O–H groups in total. The Hall–Kier alpha value is -3.79. The number of carbonyl (C=O) groups is 2. The van der Waals surface area contributed by atoms with E-state index in [9.17, 15) is 14.9 Å². The van der Waals surface area contributed by atoms with Crippen LogP contribution in [-0.4, -0.2) is 32.2 Å². The van der Waals surface area contributed by atoms with Gasteiger partial charge < -0.3 is 19.5 Å². The van der Waals surface area contributed by atoms with Gasteiger partial charge in [-0.25, -0.2) is 4.79 Å². The van der Waals surface area contributed by atoms with Crippen LogP contribution in [0, 0.1) is 11.3 Å². The SMILES string of the molecule is CCCCCOc1ccc(C=C(C#N)C(=O)Nc2ccc(C(=O)OCC)cc2)cc1OC. The van der Waals surface area contributed by atoms with Crippen molar-refractivity contribution < 1.29 is 23.8 Å². The van der Waals surface area contributed by atoms with Crippen LogP contribution < -0.4 is 14.8 Å². The summed E-state index contributed by atoms with van der Waals surface area (Å²) in [5.41, 5.74) is 1.40. The molecule has 2 aromatic rings. The molecule has 0 aromatic heterocycles. The topological polar surface area (TPSA) is 97.7 Å². The van der Waals surface area contributed by atoms with Gasteiger partial charge in [0, 0.05) is 5.69 Å². The van der Waals surface area contributed by atoms with Crippen LogP contribution in [-0.2, 0) is 9.53 Å². The molecule has 2 aromatic carbocycles. The lowest BCUT2D eigenvalue weighted by Crippen LogP contribution is -2.13. The number of hydrogen-bond donors (Lipinski definition) is 1. The van der Waals surface area contributed by atoms with Crippen molar-refractivity contribution in [3.63, 3.8) is 0 Å². The van der Waals surface area contributed by atoms with Crippen molar-refractivity contribution in [3.05, 3.63) is 59.2 Å². The van der Waals surface area contributed by atoms with E-state index < -0.39 is 11.9 Å². The highest BCUT2D eigenvalue weighted by atomic mass is 16.5. The number of nitrogens with zero attached hydrogens (tertiary/aromatic N) is 1. The molecule has 0 aliphatic rings. The second kappa shape index (κ2) is 12.8. The van der Waals surface area contributed by atoms with Crippen LogP contribution in [0.2, 0.25) is 0 Å². The molecule has 0 bridgehead atoms. The Bertz CT molecular complexity index is 990. The molecule has 2 rings (SSSR count). The Balaban J connectivity index is 2.10. The van der Waals surface area contributed by atoms with E-state index in [0.29, 0.717) is 34.9 Å². The number of carbonyl (C=O) groups excluding carboxylic acids is 2. The summed E-state index contributed by atoms with van der Waals surface area (Å²) in [5, 5.41) is 12.1. The van der Waals surface area contributed by atoms with Gasteiger partial charge >= 0.3 is 5.97 Å². The monoisotopic (exact) mass is 436 g/mol. The van der Waals surface area contributed by atoms with Crippen LogP contribution in [0.3, 0.4) is 0 Å². The van der Waals surface area contributed by atoms with Crippen molar-refractivity contribution in [2.75, 3.05) is 25.6 Å². The number of nitrogens with one attached hydrogen (secondary N) is 1. The molecule has 168 valence electrons. The summed E-state index contributed by atoms with van der Waals surface area (Å²) < 4.78 is 16.1. The summed E-state index contributed by atoms with van der Waals surface area (Å²) in [4.78, 5) is 24.3. The van der Waals surface area contributed by atoms with Crippen LogP contribution in [0.5, 0.6) is 11.5 Å². The molecule has 0 aliphatic heterocycles. The van der Waals surface area contributed by atoms with Gasteiger partial charge in [-0.05, 0) is 61.4 Å². The standard InChI is InChI=1S/C25H28N2O5/c1-4-6-7-14-32-22-13-8-18(16-23(22)30-3)15-20(17-26)24(28)27-21-11-9-19(10-12-21)25(29)31-5-2/h8-13,15-16H,4-7,14H2,1-3H3,(H,27,28). The van der Waals surface area contributed by atoms with E-state index in [2.05, 4.69) is 12.2 Å². The van der Waals surface area contributed by atoms with Gasteiger partial charge in [-0.3, -0.25) is 4.79 Å². The summed E-state index contributed by atoms with van der Waals surface area (Å²) in [7, 11) is 1.54. The Morgan fingerprint density at radius 3 is 2.44 bits per heavy atom. The predicted octanol–water partition coefficient (Wildman–Crippen LogP) is 4.99. The summed E-state index contributed by atoms with van der Waals surface area (Å²) in [6, 6.07) is 13.4. The zero-order valence-electron chi connectivity index (χ0n) is 18.6. The molecule has 0 saturated carbocycles. The van der Waals surface area contributed by atoms with Gasteiger partial charge in [0.1, 0.15) is 11.6 Å². The fraction of sp³-hybridized carbons (Fsp3) is 0.320. The number of amides is 1. The summed E-state index contributed by atoms with van der Waals surface area (Å²) in [6.07, 6.45) is 4.64. The maximum Gasteiger partial charge on any atom is 0.338 e. The number of unbranched alkanes of at least 4 members (excludes halogenated alkanes) is 2. The number of ether oxygens (including phenoxy) is 3. The highest BCUT2D eigenvalue weighted by molar-refractivity contribution is 6.09. The lowest BCUT2D eigenvalue weighted by Gasteiger charge is -2.11. The minimum atomic E-state index is -0.560. The van der Waals surface area contributed by atoms with Crippen molar-refractivity contribution in [3.8, 4) is 17.6 Å². The van der Waals surface area contributed by atoms with Crippen molar-refractivity contribution >= 4 is 23.6 Å². The van der Waals surface area contributed by atoms with E-state index in [1.54, 1.807) is 56.5 Å². The number of hydrogen-bond acceptors (Lipinski definition) is 6. The molecule has 0 spiro atoms. The molecule has 7 nitrogen and oxygen atoms in total. The first kappa shape index (κ1) is 24.5. The van der Waals surface area contributed by atoms with Crippen molar-refractivity contribution in [1.82, 2.24) is 0 Å². The van der Waals surface area contributed by atoms with Crippen molar-refractivity contribution in [1.29, 1.82) is 5.26 Å². The van der Waals surface area contributed by atoms with Crippen LogP contribution in [0.15, 0.2) is 48.0 Å². The smallest absolute Gasteiger partial charge is 0.338 e. The zero-order valence-corrected chi connectivity index (χ0v) is 18.6. The molecule has 0 heterocycles. The Morgan fingerprint density at radius 1 is 1.06 bits per heavy atom. The summed E-state index contributed by atoms with van der Waals surface area (Å²) in [6.45, 7) is 4.74. The van der Waals surface area contributed by atoms with E-state index >= 15 is 0 Å². The Kier molecular flexibility index (Phi) is 9.79. The molecule has 0 unspecified atom stereocenters. The van der Waals surface area contributed by atoms with Gasteiger partial charge in [0.2, 0.25) is 0 Å². The second-order valence-electron chi connectivity index (χ2n) is 6.89. The molecular formula is C25H28N2O5. The Morgan fingerprint density at radius 2 is 1.81 bits per heavy atom. The third-order valence-electron chi connectivity index (χ3n) is 4.52. The molecule has 0 fully saturated rings. The number of nitriles is 1. The molecule has 7 heteroatoms. The van der Waals surface area contributed by atoms with Gasteiger partial charge in [-0.15, -0.1) is 0 Å². The first-order valence-electron chi connectivity index (χ1n) is 10.5. The number of benzene rings is 2. The van der Waals surface area contributed by atoms with Gasteiger partial charge in [-0.2, -0.15) is 5.26 Å². The lowest BCUT2D eigenvalue weighted by molar-refractivity contribution is -0.112. The van der Waals surface area contributed by atoms with E-state index in [0.717, 1.165) is 19.3 Å². The third-order valence-corrected chi connectivity index (χ3v) is 4.52. The highest BCUT2D eigenvalue weighted by Gasteiger charge is 2.12. The van der Waals surface area contributed by atoms with Crippen LogP contribution in [0.25, 0.3) is 6.08 Å². The number of rotatable bonds is 11. The molecule has 0 radical (unpaired) electrons. The van der Waals surface area contributed by atoms with Crippen molar-refractivity contribution in [2.45, 2.75) is 33.1 Å².